The van der Waals surface area contributed by atoms with E-state index >= 15 is 4.39 Å². The number of nitrogens with one attached hydrogen (secondary N) is 1. The smallest absolute Gasteiger partial charge is 0.319 e. The number of phenols is 1. The van der Waals surface area contributed by atoms with E-state index in [0.29, 0.717) is 63.8 Å². The Balaban J connectivity index is 1.16. The minimum atomic E-state index is -0.592. The van der Waals surface area contributed by atoms with Crippen LogP contribution in [0.5, 0.6) is 11.8 Å². The van der Waals surface area contributed by atoms with E-state index in [0.717, 1.165) is 65.0 Å². The highest BCUT2D eigenvalue weighted by atomic mass is 19.1. The average molecular weight is 607 g/mol. The molecule has 4 unspecified atom stereocenters. The molecule has 0 amide bonds. The summed E-state index contributed by atoms with van der Waals surface area (Å²) in [7, 11) is 0. The lowest BCUT2D eigenvalue weighted by Crippen LogP contribution is -2.51. The molecule has 0 saturated carbocycles. The first kappa shape index (κ1) is 27.3. The number of piperazine rings is 1. The largest absolute Gasteiger partial charge is 0.508 e. The molecule has 5 fully saturated rings. The van der Waals surface area contributed by atoms with Crippen LogP contribution in [-0.4, -0.2) is 88.1 Å². The molecule has 2 bridgehead atoms. The highest BCUT2D eigenvalue weighted by Gasteiger charge is 2.56. The number of pyridine rings is 1. The second-order valence-electron chi connectivity index (χ2n) is 13.5. The molecule has 2 aromatic heterocycles. The van der Waals surface area contributed by atoms with Crippen LogP contribution in [0.2, 0.25) is 0 Å². The standard InChI is InChI=1S/C35H35FN6O3/c1-2-20-5-3-6-21-11-25(43)12-26(29(20)21)31-30(36)32-27(14-37-31)33(41-15-23-7-8-24(16-41)38-23)40-34(39-32)45-19-35-9-4-10-42(35)28-18-44-17-22(28)13-35/h1,3,5-6,11-12,14,22-24,28,38,43H,4,7-10,13,15-19H2/t22-,23?,24?,28?,35?/m1/s1. The lowest BCUT2D eigenvalue weighted by molar-refractivity contribution is 0.0582. The van der Waals surface area contributed by atoms with E-state index in [1.807, 2.05) is 18.2 Å². The first-order valence-electron chi connectivity index (χ1n) is 16.1. The Morgan fingerprint density at radius 1 is 1.18 bits per heavy atom. The van der Waals surface area contributed by atoms with Gasteiger partial charge in [0.2, 0.25) is 0 Å². The molecule has 2 aromatic carbocycles. The SMILES string of the molecule is C#Cc1cccc2cc(O)cc(-c3ncc4c(N5CC6CCC(C5)N6)nc(OCC56CCCN5C5COC[C@H]5C6)nc4c3F)c12. The molecule has 230 valence electrons. The van der Waals surface area contributed by atoms with Gasteiger partial charge in [-0.15, -0.1) is 6.42 Å². The number of benzene rings is 2. The predicted molar refractivity (Wildman–Crippen MR) is 169 cm³/mol. The van der Waals surface area contributed by atoms with Crippen molar-refractivity contribution in [3.63, 3.8) is 0 Å². The van der Waals surface area contributed by atoms with Crippen LogP contribution in [0.25, 0.3) is 32.9 Å². The number of rotatable bonds is 5. The summed E-state index contributed by atoms with van der Waals surface area (Å²) in [5.41, 5.74) is 1.17. The van der Waals surface area contributed by atoms with Gasteiger partial charge in [0, 0.05) is 59.8 Å². The summed E-state index contributed by atoms with van der Waals surface area (Å²) in [4.78, 5) is 19.1. The molecule has 0 aliphatic carbocycles. The quantitative estimate of drug-likeness (QED) is 0.324. The predicted octanol–water partition coefficient (Wildman–Crippen LogP) is 4.24. The van der Waals surface area contributed by atoms with Crippen LogP contribution in [0.15, 0.2) is 36.5 Å². The van der Waals surface area contributed by atoms with Gasteiger partial charge in [0.1, 0.15) is 29.4 Å². The molecule has 2 N–H and O–H groups in total. The molecule has 5 aliphatic heterocycles. The highest BCUT2D eigenvalue weighted by molar-refractivity contribution is 6.02. The Morgan fingerprint density at radius 3 is 2.89 bits per heavy atom. The van der Waals surface area contributed by atoms with Crippen LogP contribution in [0.3, 0.4) is 0 Å². The van der Waals surface area contributed by atoms with E-state index in [2.05, 4.69) is 26.0 Å². The number of aromatic nitrogens is 3. The number of hydrogen-bond acceptors (Lipinski definition) is 9. The lowest BCUT2D eigenvalue weighted by Gasteiger charge is -2.35. The van der Waals surface area contributed by atoms with Gasteiger partial charge in [-0.3, -0.25) is 9.88 Å². The Hall–Kier alpha value is -4.04. The Bertz CT molecular complexity index is 1880. The second-order valence-corrected chi connectivity index (χ2v) is 13.5. The zero-order chi connectivity index (χ0) is 30.3. The second kappa shape index (κ2) is 10.2. The summed E-state index contributed by atoms with van der Waals surface area (Å²) in [6.07, 6.45) is 12.9. The Kier molecular flexibility index (Phi) is 6.21. The number of anilines is 1. The van der Waals surface area contributed by atoms with Crippen molar-refractivity contribution in [2.24, 2.45) is 5.92 Å². The fourth-order valence-electron chi connectivity index (χ4n) is 8.93. The summed E-state index contributed by atoms with van der Waals surface area (Å²) in [5.74, 6) is 3.29. The van der Waals surface area contributed by atoms with Crippen molar-refractivity contribution in [2.75, 3.05) is 44.4 Å². The van der Waals surface area contributed by atoms with Gasteiger partial charge in [-0.05, 0) is 62.2 Å². The summed E-state index contributed by atoms with van der Waals surface area (Å²) in [5, 5.41) is 16.2. The van der Waals surface area contributed by atoms with E-state index in [1.165, 1.54) is 6.07 Å². The molecule has 9 nitrogen and oxygen atoms in total. The van der Waals surface area contributed by atoms with E-state index in [4.69, 9.17) is 25.9 Å². The molecule has 7 heterocycles. The van der Waals surface area contributed by atoms with Crippen molar-refractivity contribution in [3.8, 4) is 35.4 Å². The van der Waals surface area contributed by atoms with E-state index in [1.54, 1.807) is 12.3 Å². The summed E-state index contributed by atoms with van der Waals surface area (Å²) >= 11 is 0. The van der Waals surface area contributed by atoms with Crippen LogP contribution in [0, 0.1) is 24.1 Å². The van der Waals surface area contributed by atoms with Crippen molar-refractivity contribution in [1.82, 2.24) is 25.2 Å². The van der Waals surface area contributed by atoms with Gasteiger partial charge in [-0.1, -0.05) is 18.1 Å². The lowest BCUT2D eigenvalue weighted by atomic mass is 9.90. The molecule has 0 spiro atoms. The monoisotopic (exact) mass is 606 g/mol. The van der Waals surface area contributed by atoms with Gasteiger partial charge in [-0.25, -0.2) is 4.39 Å². The number of ether oxygens (including phenoxy) is 2. The molecule has 45 heavy (non-hydrogen) atoms. The van der Waals surface area contributed by atoms with Crippen LogP contribution in [-0.2, 0) is 4.74 Å². The van der Waals surface area contributed by atoms with Crippen LogP contribution in [0.1, 0.15) is 37.7 Å². The van der Waals surface area contributed by atoms with E-state index < -0.39 is 5.82 Å². The van der Waals surface area contributed by atoms with Crippen molar-refractivity contribution >= 4 is 27.5 Å². The fourth-order valence-corrected chi connectivity index (χ4v) is 8.93. The average Bonchev–Trinajstić information content (AvgIpc) is 3.81. The third kappa shape index (κ3) is 4.28. The van der Waals surface area contributed by atoms with Gasteiger partial charge >= 0.3 is 6.01 Å². The zero-order valence-electron chi connectivity index (χ0n) is 25.0. The number of halogens is 1. The Morgan fingerprint density at radius 2 is 2.04 bits per heavy atom. The number of fused-ring (bicyclic) bond motifs is 7. The maximum absolute atomic E-state index is 16.9. The molecule has 5 saturated heterocycles. The topological polar surface area (TPSA) is 95.9 Å². The van der Waals surface area contributed by atoms with Gasteiger partial charge < -0.3 is 24.8 Å². The van der Waals surface area contributed by atoms with Gasteiger partial charge in [0.25, 0.3) is 0 Å². The molecule has 5 aliphatic rings. The third-order valence-corrected chi connectivity index (χ3v) is 10.9. The zero-order valence-corrected chi connectivity index (χ0v) is 25.0. The van der Waals surface area contributed by atoms with Crippen molar-refractivity contribution in [1.29, 1.82) is 0 Å². The third-order valence-electron chi connectivity index (χ3n) is 10.9. The van der Waals surface area contributed by atoms with Gasteiger partial charge in [0.15, 0.2) is 5.82 Å². The van der Waals surface area contributed by atoms with Gasteiger partial charge in [0.05, 0.1) is 24.1 Å². The molecule has 0 radical (unpaired) electrons. The van der Waals surface area contributed by atoms with Gasteiger partial charge in [-0.2, -0.15) is 9.97 Å². The van der Waals surface area contributed by atoms with E-state index in [-0.39, 0.29) is 28.5 Å². The van der Waals surface area contributed by atoms with Crippen LogP contribution >= 0.6 is 0 Å². The molecule has 9 rings (SSSR count). The summed E-state index contributed by atoms with van der Waals surface area (Å²) < 4.78 is 29.2. The van der Waals surface area contributed by atoms with Crippen molar-refractivity contribution in [3.05, 3.63) is 47.9 Å². The minimum Gasteiger partial charge on any atom is -0.508 e. The fraction of sp³-hybridized carbons (Fsp3) is 0.457. The number of hydrogen-bond donors (Lipinski definition) is 2. The maximum Gasteiger partial charge on any atom is 0.319 e. The number of terminal acetylenes is 1. The molecule has 4 aromatic rings. The molecule has 5 atom stereocenters. The first-order chi connectivity index (χ1) is 22.0. The molecular formula is C35H35FN6O3. The minimum absolute atomic E-state index is 0.00348. The molecule has 10 heteroatoms. The van der Waals surface area contributed by atoms with Crippen molar-refractivity contribution < 1.29 is 19.0 Å². The molecular weight excluding hydrogens is 571 g/mol. The van der Waals surface area contributed by atoms with E-state index in [9.17, 15) is 5.11 Å². The first-order valence-corrected chi connectivity index (χ1v) is 16.1. The van der Waals surface area contributed by atoms with Crippen LogP contribution < -0.4 is 15.0 Å². The van der Waals surface area contributed by atoms with Crippen LogP contribution in [0.4, 0.5) is 10.2 Å². The maximum atomic E-state index is 16.9. The number of nitrogens with zero attached hydrogens (tertiary/aromatic N) is 5. The Labute approximate surface area is 260 Å². The summed E-state index contributed by atoms with van der Waals surface area (Å²) in [6, 6.07) is 9.96. The number of aromatic hydroxyl groups is 1. The highest BCUT2D eigenvalue weighted by Crippen LogP contribution is 2.48. The normalized spacial score (nSPS) is 28.9. The summed E-state index contributed by atoms with van der Waals surface area (Å²) in [6.45, 7) is 4.63. The van der Waals surface area contributed by atoms with Crippen molar-refractivity contribution in [2.45, 2.75) is 55.8 Å². The number of phenolic OH excluding ortho intramolecular Hbond substituents is 1.